The molecular weight excluding hydrogens is 662 g/mol. The van der Waals surface area contributed by atoms with E-state index in [2.05, 4.69) is 4.90 Å². The molecule has 0 radical (unpaired) electrons. The molecule has 2 aliphatic heterocycles. The lowest BCUT2D eigenvalue weighted by molar-refractivity contribution is -0.223. The van der Waals surface area contributed by atoms with Crippen molar-refractivity contribution in [2.24, 2.45) is 16.7 Å². The highest BCUT2D eigenvalue weighted by Gasteiger charge is 2.61. The zero-order valence-corrected chi connectivity index (χ0v) is 30.1. The molecular formula is C38H50F6N2O4. The number of amides is 1. The van der Waals surface area contributed by atoms with Crippen molar-refractivity contribution in [3.05, 3.63) is 70.5 Å². The molecule has 2 atom stereocenters. The van der Waals surface area contributed by atoms with Gasteiger partial charge in [-0.2, -0.15) is 13.2 Å². The monoisotopic (exact) mass is 712 g/mol. The first-order valence-corrected chi connectivity index (χ1v) is 17.2. The molecule has 0 aromatic heterocycles. The van der Waals surface area contributed by atoms with Crippen LogP contribution in [-0.4, -0.2) is 72.2 Å². The summed E-state index contributed by atoms with van der Waals surface area (Å²) in [6.07, 6.45) is -5.36. The summed E-state index contributed by atoms with van der Waals surface area (Å²) in [4.78, 5) is 30.0. The molecule has 12 heteroatoms. The van der Waals surface area contributed by atoms with Crippen LogP contribution in [0.2, 0.25) is 0 Å². The molecule has 278 valence electrons. The number of carbonyl (C=O) groups excluding carboxylic acids is 2. The lowest BCUT2D eigenvalue weighted by Crippen LogP contribution is -2.65. The van der Waals surface area contributed by atoms with Crippen LogP contribution in [0.1, 0.15) is 101 Å². The van der Waals surface area contributed by atoms with Gasteiger partial charge < -0.3 is 14.4 Å². The van der Waals surface area contributed by atoms with E-state index in [0.29, 0.717) is 25.2 Å². The predicted molar refractivity (Wildman–Crippen MR) is 178 cm³/mol. The maximum atomic E-state index is 15.5. The van der Waals surface area contributed by atoms with Gasteiger partial charge in [-0.05, 0) is 64.2 Å². The van der Waals surface area contributed by atoms with Crippen LogP contribution in [0.25, 0.3) is 0 Å². The molecule has 0 saturated carbocycles. The van der Waals surface area contributed by atoms with Crippen molar-refractivity contribution in [3.8, 4) is 0 Å². The van der Waals surface area contributed by atoms with E-state index < -0.39 is 58.6 Å². The fraction of sp³-hybridized carbons (Fsp3) is 0.632. The maximum absolute atomic E-state index is 15.5. The Balaban J connectivity index is 1.57. The fourth-order valence-corrected chi connectivity index (χ4v) is 6.89. The van der Waals surface area contributed by atoms with E-state index in [9.17, 15) is 31.5 Å². The summed E-state index contributed by atoms with van der Waals surface area (Å²) in [6.45, 7) is 11.6. The Hall–Kier alpha value is -3.12. The first-order valence-electron chi connectivity index (χ1n) is 17.2. The molecule has 4 rings (SSSR count). The number of rotatable bonds is 13. The molecule has 6 nitrogen and oxygen atoms in total. The van der Waals surface area contributed by atoms with Crippen LogP contribution in [0.4, 0.5) is 26.3 Å². The second kappa shape index (κ2) is 14.9. The van der Waals surface area contributed by atoms with Crippen LogP contribution in [0.15, 0.2) is 42.5 Å². The number of hydrogen-bond donors (Lipinski definition) is 0. The van der Waals surface area contributed by atoms with Crippen molar-refractivity contribution in [1.29, 1.82) is 0 Å². The summed E-state index contributed by atoms with van der Waals surface area (Å²) >= 11 is 0. The highest BCUT2D eigenvalue weighted by molar-refractivity contribution is 5.93. The van der Waals surface area contributed by atoms with E-state index in [-0.39, 0.29) is 56.2 Å². The van der Waals surface area contributed by atoms with Crippen molar-refractivity contribution in [2.45, 2.75) is 104 Å². The van der Waals surface area contributed by atoms with Gasteiger partial charge in [-0.3, -0.25) is 9.69 Å². The molecule has 0 N–H and O–H groups in total. The van der Waals surface area contributed by atoms with Gasteiger partial charge in [0.2, 0.25) is 11.8 Å². The smallest absolute Gasteiger partial charge is 0.402 e. The molecule has 1 amide bonds. The van der Waals surface area contributed by atoms with Crippen LogP contribution in [0.5, 0.6) is 0 Å². The Morgan fingerprint density at radius 2 is 1.60 bits per heavy atom. The van der Waals surface area contributed by atoms with Gasteiger partial charge in [-0.1, -0.05) is 50.2 Å². The number of benzene rings is 2. The van der Waals surface area contributed by atoms with Crippen molar-refractivity contribution >= 4 is 11.9 Å². The van der Waals surface area contributed by atoms with E-state index in [4.69, 9.17) is 9.47 Å². The first-order chi connectivity index (χ1) is 23.1. The van der Waals surface area contributed by atoms with Gasteiger partial charge in [-0.25, -0.2) is 18.0 Å². The molecule has 0 bridgehead atoms. The molecule has 2 aromatic rings. The normalized spacial score (nSPS) is 19.1. The van der Waals surface area contributed by atoms with Crippen molar-refractivity contribution in [3.63, 3.8) is 0 Å². The Bertz CT molecular complexity index is 1500. The quantitative estimate of drug-likeness (QED) is 0.154. The van der Waals surface area contributed by atoms with E-state index in [1.165, 1.54) is 24.0 Å². The summed E-state index contributed by atoms with van der Waals surface area (Å²) in [5.74, 6) is -6.08. The molecule has 2 saturated heterocycles. The van der Waals surface area contributed by atoms with Gasteiger partial charge in [0.15, 0.2) is 0 Å². The van der Waals surface area contributed by atoms with Crippen LogP contribution in [-0.2, 0) is 27.4 Å². The number of esters is 1. The van der Waals surface area contributed by atoms with Crippen LogP contribution in [0, 0.1) is 22.6 Å². The molecule has 50 heavy (non-hydrogen) atoms. The zero-order chi connectivity index (χ0) is 37.3. The summed E-state index contributed by atoms with van der Waals surface area (Å²) < 4.78 is 96.8. The Kier molecular flexibility index (Phi) is 11.8. The lowest BCUT2D eigenvalue weighted by atomic mass is 9.70. The minimum atomic E-state index is -4.71. The van der Waals surface area contributed by atoms with Crippen molar-refractivity contribution < 1.29 is 45.4 Å². The largest absolute Gasteiger partial charge is 0.456 e. The fourth-order valence-electron chi connectivity index (χ4n) is 6.89. The zero-order valence-electron chi connectivity index (χ0n) is 30.1. The number of carbonyl (C=O) groups is 2. The molecule has 1 spiro atoms. The highest BCUT2D eigenvalue weighted by atomic mass is 19.4. The molecule has 0 aliphatic carbocycles. The van der Waals surface area contributed by atoms with E-state index in [1.54, 1.807) is 27.7 Å². The Morgan fingerprint density at radius 1 is 0.960 bits per heavy atom. The predicted octanol–water partition coefficient (Wildman–Crippen LogP) is 8.78. The standard InChI is InChI=1S/C38H50F6N2O4/c1-8-37(40,41)17-16-25(2)28-14-15-30(39)29(31(28)32(47)50-34(3,4)5)21-49-20-27-19-45(18-26-12-10-9-11-13-26)22-36(27)23-46(24-36)33(48)35(6,7)38(42,43)44/h9-15,25,27H,8,16-24H2,1-7H3/t25?,27-/m0/s1. The van der Waals surface area contributed by atoms with Gasteiger partial charge in [0, 0.05) is 62.5 Å². The van der Waals surface area contributed by atoms with Gasteiger partial charge in [0.1, 0.15) is 16.8 Å². The van der Waals surface area contributed by atoms with Gasteiger partial charge in [0.25, 0.3) is 0 Å². The average Bonchev–Trinajstić information content (AvgIpc) is 3.36. The van der Waals surface area contributed by atoms with Crippen molar-refractivity contribution in [2.75, 3.05) is 32.8 Å². The first kappa shape index (κ1) is 39.7. The number of hydrogen-bond acceptors (Lipinski definition) is 5. The lowest BCUT2D eigenvalue weighted by Gasteiger charge is -2.53. The summed E-state index contributed by atoms with van der Waals surface area (Å²) in [5, 5.41) is 0. The van der Waals surface area contributed by atoms with Gasteiger partial charge in [0.05, 0.1) is 18.8 Å². The molecule has 2 aliphatic rings. The maximum Gasteiger partial charge on any atom is 0.402 e. The van der Waals surface area contributed by atoms with Crippen molar-refractivity contribution in [1.82, 2.24) is 9.80 Å². The summed E-state index contributed by atoms with van der Waals surface area (Å²) in [7, 11) is 0. The molecule has 1 unspecified atom stereocenters. The number of ether oxygens (including phenoxy) is 2. The SMILES string of the molecule is CCC(F)(F)CCC(C)c1ccc(F)c(COC[C@@H]2CN(Cc3ccccc3)CC23CN(C(=O)C(C)(C)C(F)(F)F)C3)c1C(=O)OC(C)(C)C. The second-order valence-corrected chi connectivity index (χ2v) is 15.7. The van der Waals surface area contributed by atoms with E-state index in [1.807, 2.05) is 30.3 Å². The minimum Gasteiger partial charge on any atom is -0.456 e. The van der Waals surface area contributed by atoms with Gasteiger partial charge in [-0.15, -0.1) is 0 Å². The summed E-state index contributed by atoms with van der Waals surface area (Å²) in [6, 6.07) is 12.4. The van der Waals surface area contributed by atoms with Crippen LogP contribution in [0.3, 0.4) is 0 Å². The average molecular weight is 713 g/mol. The van der Waals surface area contributed by atoms with Crippen LogP contribution >= 0.6 is 0 Å². The van der Waals surface area contributed by atoms with E-state index in [0.717, 1.165) is 19.4 Å². The molecule has 2 heterocycles. The van der Waals surface area contributed by atoms with E-state index >= 15 is 4.39 Å². The molecule has 2 aromatic carbocycles. The number of halogens is 6. The summed E-state index contributed by atoms with van der Waals surface area (Å²) in [5.41, 5.74) is -2.64. The third kappa shape index (κ3) is 9.02. The minimum absolute atomic E-state index is 0.0450. The van der Waals surface area contributed by atoms with Gasteiger partial charge >= 0.3 is 12.1 Å². The second-order valence-electron chi connectivity index (χ2n) is 15.7. The highest BCUT2D eigenvalue weighted by Crippen LogP contribution is 2.48. The third-order valence-corrected chi connectivity index (χ3v) is 10.1. The number of nitrogens with zero attached hydrogens (tertiary/aromatic N) is 2. The Labute approximate surface area is 291 Å². The third-order valence-electron chi connectivity index (χ3n) is 10.1. The number of likely N-dealkylation sites (tertiary alicyclic amines) is 2. The topological polar surface area (TPSA) is 59.1 Å². The van der Waals surface area contributed by atoms with Crippen LogP contribution < -0.4 is 0 Å². The number of alkyl halides is 5. The Morgan fingerprint density at radius 3 is 2.18 bits per heavy atom. The molecule has 2 fully saturated rings.